The van der Waals surface area contributed by atoms with Crippen LogP contribution in [0.5, 0.6) is 0 Å². The molecule has 0 aromatic heterocycles. The minimum atomic E-state index is -0.722. The number of carbonyl (C=O) groups excluding carboxylic acids is 2. The number of hydrogen-bond acceptors (Lipinski definition) is 6. The average Bonchev–Trinajstić information content (AvgIpc) is 2.92. The van der Waals surface area contributed by atoms with Crippen LogP contribution in [0.3, 0.4) is 0 Å². The SMILES string of the molecule is O=C(O[C@@H]1CCCCC1=O)c1ccc(N2CCCCCC2)c([N+](=O)[O-])c1. The van der Waals surface area contributed by atoms with Crippen LogP contribution in [0.1, 0.15) is 61.7 Å². The summed E-state index contributed by atoms with van der Waals surface area (Å²) in [5.41, 5.74) is 0.576. The summed E-state index contributed by atoms with van der Waals surface area (Å²) in [5, 5.41) is 11.5. The predicted molar refractivity (Wildman–Crippen MR) is 96.5 cm³/mol. The molecule has 0 spiro atoms. The highest BCUT2D eigenvalue weighted by Gasteiger charge is 2.28. The van der Waals surface area contributed by atoms with Crippen molar-refractivity contribution >= 4 is 23.1 Å². The Hall–Kier alpha value is -2.44. The number of rotatable bonds is 4. The molecule has 1 aliphatic heterocycles. The Bertz CT molecular complexity index is 695. The Morgan fingerprint density at radius 3 is 2.50 bits per heavy atom. The van der Waals surface area contributed by atoms with Crippen molar-refractivity contribution in [1.82, 2.24) is 0 Å². The fourth-order valence-electron chi connectivity index (χ4n) is 3.65. The molecule has 0 bridgehead atoms. The molecule has 140 valence electrons. The summed E-state index contributed by atoms with van der Waals surface area (Å²) in [6, 6.07) is 4.46. The molecule has 7 nitrogen and oxygen atoms in total. The fourth-order valence-corrected chi connectivity index (χ4v) is 3.65. The third kappa shape index (κ3) is 4.20. The molecule has 2 fully saturated rings. The summed E-state index contributed by atoms with van der Waals surface area (Å²) in [4.78, 5) is 37.3. The first-order valence-corrected chi connectivity index (χ1v) is 9.33. The molecular formula is C19H24N2O5. The molecule has 1 saturated carbocycles. The van der Waals surface area contributed by atoms with Crippen LogP contribution >= 0.6 is 0 Å². The van der Waals surface area contributed by atoms with Crippen LogP contribution in [-0.2, 0) is 9.53 Å². The maximum atomic E-state index is 12.4. The standard InChI is InChI=1S/C19H24N2O5/c22-17-7-3-4-8-18(17)26-19(23)14-9-10-15(16(13-14)21(24)25)20-11-5-1-2-6-12-20/h9-10,13,18H,1-8,11-12H2/t18-/m1/s1. The van der Waals surface area contributed by atoms with E-state index in [2.05, 4.69) is 0 Å². The number of carbonyl (C=O) groups is 2. The Balaban J connectivity index is 1.80. The lowest BCUT2D eigenvalue weighted by Gasteiger charge is -2.23. The fraction of sp³-hybridized carbons (Fsp3) is 0.579. The lowest BCUT2D eigenvalue weighted by Crippen LogP contribution is -2.30. The number of ether oxygens (including phenoxy) is 1. The molecule has 1 saturated heterocycles. The zero-order valence-electron chi connectivity index (χ0n) is 14.8. The molecule has 2 aliphatic rings. The summed E-state index contributed by atoms with van der Waals surface area (Å²) < 4.78 is 5.31. The van der Waals surface area contributed by atoms with E-state index in [0.717, 1.165) is 51.6 Å². The second-order valence-electron chi connectivity index (χ2n) is 6.97. The minimum absolute atomic E-state index is 0.0692. The summed E-state index contributed by atoms with van der Waals surface area (Å²) in [7, 11) is 0. The third-order valence-electron chi connectivity index (χ3n) is 5.10. The zero-order chi connectivity index (χ0) is 18.5. The molecule has 26 heavy (non-hydrogen) atoms. The van der Waals surface area contributed by atoms with Gasteiger partial charge in [0.2, 0.25) is 0 Å². The molecule has 0 radical (unpaired) electrons. The number of benzene rings is 1. The van der Waals surface area contributed by atoms with Crippen molar-refractivity contribution in [3.8, 4) is 0 Å². The molecule has 1 atom stereocenters. The van der Waals surface area contributed by atoms with E-state index in [1.54, 1.807) is 12.1 Å². The Morgan fingerprint density at radius 1 is 1.12 bits per heavy atom. The molecular weight excluding hydrogens is 336 g/mol. The van der Waals surface area contributed by atoms with Gasteiger partial charge in [0.05, 0.1) is 10.5 Å². The molecule has 1 heterocycles. The highest BCUT2D eigenvalue weighted by Crippen LogP contribution is 2.31. The maximum Gasteiger partial charge on any atom is 0.339 e. The normalized spacial score (nSPS) is 21.2. The predicted octanol–water partition coefficient (Wildman–Crippen LogP) is 3.64. The monoisotopic (exact) mass is 360 g/mol. The van der Waals surface area contributed by atoms with Gasteiger partial charge in [-0.05, 0) is 44.2 Å². The first kappa shape index (κ1) is 18.4. The van der Waals surface area contributed by atoms with Crippen molar-refractivity contribution in [3.63, 3.8) is 0 Å². The molecule has 1 aliphatic carbocycles. The number of nitro groups is 1. The van der Waals surface area contributed by atoms with Crippen LogP contribution in [0.2, 0.25) is 0 Å². The van der Waals surface area contributed by atoms with Gasteiger partial charge in [0.1, 0.15) is 5.69 Å². The van der Waals surface area contributed by atoms with Crippen molar-refractivity contribution in [2.75, 3.05) is 18.0 Å². The topological polar surface area (TPSA) is 89.8 Å². The maximum absolute atomic E-state index is 12.4. The van der Waals surface area contributed by atoms with E-state index >= 15 is 0 Å². The van der Waals surface area contributed by atoms with E-state index in [0.29, 0.717) is 18.5 Å². The van der Waals surface area contributed by atoms with Gasteiger partial charge in [-0.3, -0.25) is 14.9 Å². The van der Waals surface area contributed by atoms with Crippen molar-refractivity contribution in [2.45, 2.75) is 57.5 Å². The van der Waals surface area contributed by atoms with E-state index in [4.69, 9.17) is 4.74 Å². The van der Waals surface area contributed by atoms with Gasteiger partial charge in [-0.1, -0.05) is 12.8 Å². The Kier molecular flexibility index (Phi) is 5.85. The van der Waals surface area contributed by atoms with E-state index in [-0.39, 0.29) is 17.0 Å². The van der Waals surface area contributed by atoms with Gasteiger partial charge in [-0.15, -0.1) is 0 Å². The molecule has 0 amide bonds. The molecule has 0 N–H and O–H groups in total. The number of hydrogen-bond donors (Lipinski definition) is 0. The van der Waals surface area contributed by atoms with Crippen LogP contribution < -0.4 is 4.90 Å². The molecule has 7 heteroatoms. The minimum Gasteiger partial charge on any atom is -0.451 e. The largest absolute Gasteiger partial charge is 0.451 e. The first-order chi connectivity index (χ1) is 12.6. The lowest BCUT2D eigenvalue weighted by molar-refractivity contribution is -0.384. The number of Topliss-reactive ketones (excluding diaryl/α,β-unsaturated/α-hetero) is 1. The summed E-state index contributed by atoms with van der Waals surface area (Å²) in [6.07, 6.45) is 6.16. The van der Waals surface area contributed by atoms with Gasteiger partial charge in [-0.2, -0.15) is 0 Å². The van der Waals surface area contributed by atoms with Gasteiger partial charge in [0.25, 0.3) is 5.69 Å². The van der Waals surface area contributed by atoms with Crippen molar-refractivity contribution < 1.29 is 19.2 Å². The third-order valence-corrected chi connectivity index (χ3v) is 5.10. The summed E-state index contributed by atoms with van der Waals surface area (Å²) in [6.45, 7) is 1.56. The van der Waals surface area contributed by atoms with Gasteiger partial charge in [0.15, 0.2) is 11.9 Å². The van der Waals surface area contributed by atoms with Crippen LogP contribution in [0, 0.1) is 10.1 Å². The summed E-state index contributed by atoms with van der Waals surface area (Å²) in [5.74, 6) is -0.740. The van der Waals surface area contributed by atoms with Gasteiger partial charge >= 0.3 is 5.97 Å². The average molecular weight is 360 g/mol. The second-order valence-corrected chi connectivity index (χ2v) is 6.97. The summed E-state index contributed by atoms with van der Waals surface area (Å²) >= 11 is 0. The number of esters is 1. The number of nitro benzene ring substituents is 1. The van der Waals surface area contributed by atoms with Crippen molar-refractivity contribution in [1.29, 1.82) is 0 Å². The second kappa shape index (κ2) is 8.29. The highest BCUT2D eigenvalue weighted by atomic mass is 16.6. The smallest absolute Gasteiger partial charge is 0.339 e. The van der Waals surface area contributed by atoms with Crippen molar-refractivity contribution in [2.24, 2.45) is 0 Å². The van der Waals surface area contributed by atoms with E-state index in [1.807, 2.05) is 4.90 Å². The quantitative estimate of drug-likeness (QED) is 0.462. The first-order valence-electron chi connectivity index (χ1n) is 9.33. The Morgan fingerprint density at radius 2 is 1.85 bits per heavy atom. The van der Waals surface area contributed by atoms with Gasteiger partial charge in [-0.25, -0.2) is 4.79 Å². The van der Waals surface area contributed by atoms with Crippen molar-refractivity contribution in [3.05, 3.63) is 33.9 Å². The highest BCUT2D eigenvalue weighted by molar-refractivity contribution is 5.94. The van der Waals surface area contributed by atoms with Crippen LogP contribution in [0.15, 0.2) is 18.2 Å². The van der Waals surface area contributed by atoms with Gasteiger partial charge < -0.3 is 9.64 Å². The Labute approximate surface area is 152 Å². The molecule has 3 rings (SSSR count). The number of ketones is 1. The van der Waals surface area contributed by atoms with E-state index < -0.39 is 17.0 Å². The van der Waals surface area contributed by atoms with E-state index in [9.17, 15) is 19.7 Å². The molecule has 1 aromatic rings. The number of nitrogens with zero attached hydrogens (tertiary/aromatic N) is 2. The van der Waals surface area contributed by atoms with E-state index in [1.165, 1.54) is 6.07 Å². The molecule has 1 aromatic carbocycles. The van der Waals surface area contributed by atoms with Gasteiger partial charge in [0, 0.05) is 25.6 Å². The van der Waals surface area contributed by atoms with Crippen LogP contribution in [0.4, 0.5) is 11.4 Å². The molecule has 0 unspecified atom stereocenters. The number of anilines is 1. The zero-order valence-corrected chi connectivity index (χ0v) is 14.8. The van der Waals surface area contributed by atoms with Crippen LogP contribution in [0.25, 0.3) is 0 Å². The van der Waals surface area contributed by atoms with Crippen LogP contribution in [-0.4, -0.2) is 35.9 Å². The lowest BCUT2D eigenvalue weighted by atomic mass is 9.96.